The number of aryl methyl sites for hydroxylation is 2. The lowest BCUT2D eigenvalue weighted by Gasteiger charge is -2.32. The van der Waals surface area contributed by atoms with Crippen LogP contribution in [-0.4, -0.2) is 39.7 Å². The molecule has 138 valence electrons. The Bertz CT molecular complexity index is 826. The highest BCUT2D eigenvalue weighted by atomic mass is 16.2. The minimum Gasteiger partial charge on any atom is -0.352 e. The van der Waals surface area contributed by atoms with Gasteiger partial charge in [0.2, 0.25) is 0 Å². The van der Waals surface area contributed by atoms with Gasteiger partial charge in [0.05, 0.1) is 0 Å². The number of hydrogen-bond donors (Lipinski definition) is 2. The molecule has 1 aliphatic rings. The third-order valence-corrected chi connectivity index (χ3v) is 4.52. The smallest absolute Gasteiger partial charge is 0.319 e. The summed E-state index contributed by atoms with van der Waals surface area (Å²) in [6.45, 7) is 5.82. The third kappa shape index (κ3) is 4.19. The highest BCUT2D eigenvalue weighted by molar-refractivity contribution is 5.89. The van der Waals surface area contributed by atoms with Crippen molar-refractivity contribution in [1.29, 1.82) is 0 Å². The minimum absolute atomic E-state index is 0.0628. The van der Waals surface area contributed by atoms with Gasteiger partial charge in [-0.15, -0.1) is 0 Å². The number of piperidine rings is 1. The second kappa shape index (κ2) is 7.99. The van der Waals surface area contributed by atoms with E-state index in [1.165, 1.54) is 0 Å². The lowest BCUT2D eigenvalue weighted by Crippen LogP contribution is -2.47. The molecule has 0 radical (unpaired) electrons. The predicted octanol–water partition coefficient (Wildman–Crippen LogP) is 1.76. The number of amides is 2. The molecule has 0 saturated carbocycles. The van der Waals surface area contributed by atoms with E-state index < -0.39 is 0 Å². The molecular formula is C18H24N6O2. The van der Waals surface area contributed by atoms with Gasteiger partial charge in [-0.3, -0.25) is 9.78 Å². The van der Waals surface area contributed by atoms with Gasteiger partial charge >= 0.3 is 6.03 Å². The summed E-state index contributed by atoms with van der Waals surface area (Å²) in [4.78, 5) is 34.9. The number of aromatic nitrogens is 3. The second-order valence-corrected chi connectivity index (χ2v) is 6.39. The Kier molecular flexibility index (Phi) is 5.50. The van der Waals surface area contributed by atoms with Crippen molar-refractivity contribution in [2.75, 3.05) is 23.3 Å². The quantitative estimate of drug-likeness (QED) is 0.871. The summed E-state index contributed by atoms with van der Waals surface area (Å²) in [7, 11) is 0. The van der Waals surface area contributed by atoms with Crippen molar-refractivity contribution in [3.63, 3.8) is 0 Å². The first-order valence-corrected chi connectivity index (χ1v) is 8.87. The molecule has 0 unspecified atom stereocenters. The molecule has 0 atom stereocenters. The van der Waals surface area contributed by atoms with Gasteiger partial charge in [-0.1, -0.05) is 0 Å². The summed E-state index contributed by atoms with van der Waals surface area (Å²) in [6.07, 6.45) is 6.56. The minimum atomic E-state index is -0.222. The summed E-state index contributed by atoms with van der Waals surface area (Å²) in [5.74, 6) is 0.490. The molecule has 2 aromatic heterocycles. The molecule has 1 fully saturated rings. The van der Waals surface area contributed by atoms with Crippen molar-refractivity contribution >= 4 is 17.5 Å². The van der Waals surface area contributed by atoms with Gasteiger partial charge in [-0.05, 0) is 38.8 Å². The first-order valence-electron chi connectivity index (χ1n) is 8.87. The second-order valence-electron chi connectivity index (χ2n) is 6.39. The Labute approximate surface area is 152 Å². The van der Waals surface area contributed by atoms with Crippen molar-refractivity contribution < 1.29 is 4.79 Å². The summed E-state index contributed by atoms with van der Waals surface area (Å²) in [5, 5.41) is 5.82. The lowest BCUT2D eigenvalue weighted by atomic mass is 10.1. The van der Waals surface area contributed by atoms with Crippen molar-refractivity contribution in [3.05, 3.63) is 46.8 Å². The number of carbonyl (C=O) groups is 1. The molecule has 1 saturated heterocycles. The van der Waals surface area contributed by atoms with E-state index in [9.17, 15) is 9.59 Å². The summed E-state index contributed by atoms with van der Waals surface area (Å²) < 4.78 is 1.65. The zero-order chi connectivity index (χ0) is 18.5. The molecule has 0 spiro atoms. The van der Waals surface area contributed by atoms with E-state index in [0.717, 1.165) is 24.2 Å². The van der Waals surface area contributed by atoms with Gasteiger partial charge in [-0.2, -0.15) is 0 Å². The number of hydrogen-bond acceptors (Lipinski definition) is 5. The maximum atomic E-state index is 12.4. The molecule has 26 heavy (non-hydrogen) atoms. The van der Waals surface area contributed by atoms with Gasteiger partial charge in [0, 0.05) is 55.6 Å². The molecule has 0 aliphatic carbocycles. The topological polar surface area (TPSA) is 92.2 Å². The molecule has 0 bridgehead atoms. The molecule has 8 heteroatoms. The van der Waals surface area contributed by atoms with Crippen LogP contribution in [0.15, 0.2) is 35.5 Å². The zero-order valence-electron chi connectivity index (χ0n) is 15.1. The molecule has 0 aromatic carbocycles. The monoisotopic (exact) mass is 356 g/mol. The largest absolute Gasteiger partial charge is 0.352 e. The average Bonchev–Trinajstić information content (AvgIpc) is 2.63. The number of urea groups is 1. The fourth-order valence-electron chi connectivity index (χ4n) is 3.11. The maximum Gasteiger partial charge on any atom is 0.319 e. The van der Waals surface area contributed by atoms with Crippen LogP contribution in [0.3, 0.4) is 0 Å². The van der Waals surface area contributed by atoms with Crippen LogP contribution >= 0.6 is 0 Å². The van der Waals surface area contributed by atoms with E-state index in [4.69, 9.17) is 0 Å². The molecule has 2 amide bonds. The summed E-state index contributed by atoms with van der Waals surface area (Å²) in [5.41, 5.74) is 1.51. The van der Waals surface area contributed by atoms with Gasteiger partial charge < -0.3 is 20.1 Å². The van der Waals surface area contributed by atoms with Crippen LogP contribution in [0.4, 0.5) is 16.3 Å². The van der Waals surface area contributed by atoms with Crippen LogP contribution in [0.5, 0.6) is 0 Å². The van der Waals surface area contributed by atoms with Gasteiger partial charge in [0.25, 0.3) is 5.56 Å². The molecule has 2 N–H and O–H groups in total. The predicted molar refractivity (Wildman–Crippen MR) is 101 cm³/mol. The number of rotatable bonds is 4. The third-order valence-electron chi connectivity index (χ3n) is 4.52. The standard InChI is InChI=1S/C18H24N6O2/c1-3-23-11-8-20-16(17(23)25)24-9-5-14(6-10-24)21-18(26)22-15-4-7-19-13(2)12-15/h4,7-8,11-12,14H,3,5-6,9-10H2,1-2H3,(H2,19,21,22,26). The van der Waals surface area contributed by atoms with Crippen LogP contribution in [0.25, 0.3) is 0 Å². The number of anilines is 2. The average molecular weight is 356 g/mol. The van der Waals surface area contributed by atoms with E-state index >= 15 is 0 Å². The fraction of sp³-hybridized carbons (Fsp3) is 0.444. The highest BCUT2D eigenvalue weighted by Gasteiger charge is 2.23. The van der Waals surface area contributed by atoms with E-state index in [1.807, 2.05) is 24.8 Å². The Morgan fingerprint density at radius 1 is 1.27 bits per heavy atom. The van der Waals surface area contributed by atoms with Crippen molar-refractivity contribution in [2.24, 2.45) is 0 Å². The molecule has 1 aliphatic heterocycles. The Morgan fingerprint density at radius 2 is 2.04 bits per heavy atom. The van der Waals surface area contributed by atoms with Crippen molar-refractivity contribution in [3.8, 4) is 0 Å². The van der Waals surface area contributed by atoms with E-state index in [2.05, 4.69) is 20.6 Å². The van der Waals surface area contributed by atoms with E-state index in [1.54, 1.807) is 29.2 Å². The molecule has 3 heterocycles. The van der Waals surface area contributed by atoms with Crippen molar-refractivity contribution in [2.45, 2.75) is 39.3 Å². The first-order chi connectivity index (χ1) is 12.6. The number of pyridine rings is 1. The molecule has 3 rings (SSSR count). The van der Waals surface area contributed by atoms with Gasteiger partial charge in [0.15, 0.2) is 5.82 Å². The van der Waals surface area contributed by atoms with E-state index in [-0.39, 0.29) is 17.6 Å². The van der Waals surface area contributed by atoms with Crippen molar-refractivity contribution in [1.82, 2.24) is 19.9 Å². The Balaban J connectivity index is 1.54. The van der Waals surface area contributed by atoms with Crippen LogP contribution < -0.4 is 21.1 Å². The SMILES string of the molecule is CCn1ccnc(N2CCC(NC(=O)Nc3ccnc(C)c3)CC2)c1=O. The molecule has 2 aromatic rings. The molecular weight excluding hydrogens is 332 g/mol. The number of nitrogens with zero attached hydrogens (tertiary/aromatic N) is 4. The van der Waals surface area contributed by atoms with Crippen LogP contribution in [-0.2, 0) is 6.54 Å². The lowest BCUT2D eigenvalue weighted by molar-refractivity contribution is 0.246. The van der Waals surface area contributed by atoms with Gasteiger partial charge in [-0.25, -0.2) is 9.78 Å². The highest BCUT2D eigenvalue weighted by Crippen LogP contribution is 2.15. The normalized spacial score (nSPS) is 14.9. The first kappa shape index (κ1) is 17.9. The number of carbonyl (C=O) groups excluding carboxylic acids is 1. The summed E-state index contributed by atoms with van der Waals surface area (Å²) in [6, 6.07) is 3.43. The van der Waals surface area contributed by atoms with E-state index in [0.29, 0.717) is 25.5 Å². The fourth-order valence-corrected chi connectivity index (χ4v) is 3.11. The van der Waals surface area contributed by atoms with Crippen LogP contribution in [0, 0.1) is 6.92 Å². The Morgan fingerprint density at radius 3 is 2.73 bits per heavy atom. The maximum absolute atomic E-state index is 12.4. The van der Waals surface area contributed by atoms with Crippen LogP contribution in [0.1, 0.15) is 25.5 Å². The van der Waals surface area contributed by atoms with Gasteiger partial charge in [0.1, 0.15) is 0 Å². The summed E-state index contributed by atoms with van der Waals surface area (Å²) >= 11 is 0. The Hall–Kier alpha value is -2.90. The van der Waals surface area contributed by atoms with Crippen LogP contribution in [0.2, 0.25) is 0 Å². The zero-order valence-corrected chi connectivity index (χ0v) is 15.1. The molecule has 8 nitrogen and oxygen atoms in total. The number of nitrogens with one attached hydrogen (secondary N) is 2.